The van der Waals surface area contributed by atoms with Crippen molar-refractivity contribution in [1.29, 1.82) is 0 Å². The Morgan fingerprint density at radius 2 is 1.68 bits per heavy atom. The minimum atomic E-state index is -4.06. The van der Waals surface area contributed by atoms with E-state index in [0.717, 1.165) is 24.2 Å². The van der Waals surface area contributed by atoms with Gasteiger partial charge in [-0.1, -0.05) is 54.9 Å². The summed E-state index contributed by atoms with van der Waals surface area (Å²) in [5, 5.41) is 2.87. The van der Waals surface area contributed by atoms with Crippen LogP contribution in [0.2, 0.25) is 18.1 Å². The van der Waals surface area contributed by atoms with E-state index >= 15 is 0 Å². The monoisotopic (exact) mass is 611 g/mol. The van der Waals surface area contributed by atoms with Crippen LogP contribution in [-0.4, -0.2) is 45.6 Å². The maximum absolute atomic E-state index is 12.4. The van der Waals surface area contributed by atoms with E-state index in [1.54, 1.807) is 0 Å². The third kappa shape index (κ3) is 6.80. The Morgan fingerprint density at radius 3 is 2.32 bits per heavy atom. The molecule has 0 spiro atoms. The molecule has 0 aromatic carbocycles. The Labute approximate surface area is 252 Å². The van der Waals surface area contributed by atoms with E-state index in [9.17, 15) is 13.2 Å². The van der Waals surface area contributed by atoms with Crippen LogP contribution in [0.3, 0.4) is 0 Å². The summed E-state index contributed by atoms with van der Waals surface area (Å²) in [5.74, 6) is 4.17. The van der Waals surface area contributed by atoms with Gasteiger partial charge in [0.15, 0.2) is 8.32 Å². The number of carbonyl (C=O) groups is 1. The molecule has 0 unspecified atom stereocenters. The summed E-state index contributed by atoms with van der Waals surface area (Å²) in [6.07, 6.45) is 12.1. The van der Waals surface area contributed by atoms with Crippen molar-refractivity contribution < 1.29 is 22.2 Å². The molecular formula is C33H61NO5SSi. The Hall–Kier alpha value is -0.443. The molecule has 4 aliphatic carbocycles. The Bertz CT molecular complexity index is 1060. The van der Waals surface area contributed by atoms with Crippen molar-refractivity contribution in [2.45, 2.75) is 137 Å². The third-order valence-electron chi connectivity index (χ3n) is 13.4. The molecular weight excluding hydrogens is 551 g/mol. The van der Waals surface area contributed by atoms with Gasteiger partial charge in [-0.3, -0.25) is 9.35 Å². The number of amides is 1. The minimum absolute atomic E-state index is 0.0352. The molecule has 2 N–H and O–H groups in total. The number of nitrogens with one attached hydrogen (secondary N) is 1. The lowest BCUT2D eigenvalue weighted by atomic mass is 9.43. The van der Waals surface area contributed by atoms with E-state index in [2.05, 4.69) is 66.9 Å². The van der Waals surface area contributed by atoms with Gasteiger partial charge in [-0.2, -0.15) is 8.42 Å². The fourth-order valence-corrected chi connectivity index (χ4v) is 11.8. The van der Waals surface area contributed by atoms with E-state index in [-0.39, 0.29) is 22.9 Å². The van der Waals surface area contributed by atoms with Crippen LogP contribution in [0.4, 0.5) is 0 Å². The average Bonchev–Trinajstić information content (AvgIpc) is 3.19. The van der Waals surface area contributed by atoms with E-state index < -0.39 is 24.2 Å². The topological polar surface area (TPSA) is 92.7 Å². The molecule has 4 saturated carbocycles. The fraction of sp³-hybridized carbons (Fsp3) is 0.970. The molecule has 4 fully saturated rings. The molecule has 4 aliphatic rings. The van der Waals surface area contributed by atoms with E-state index in [4.69, 9.17) is 8.98 Å². The zero-order valence-corrected chi connectivity index (χ0v) is 29.4. The van der Waals surface area contributed by atoms with Gasteiger partial charge in [-0.25, -0.2) is 0 Å². The second kappa shape index (κ2) is 11.8. The summed E-state index contributed by atoms with van der Waals surface area (Å²) < 4.78 is 38.4. The molecule has 8 heteroatoms. The quantitative estimate of drug-likeness (QED) is 0.206. The maximum atomic E-state index is 12.4. The number of hydrogen-bond donors (Lipinski definition) is 2. The fourth-order valence-electron chi connectivity index (χ4n) is 10.0. The van der Waals surface area contributed by atoms with Crippen molar-refractivity contribution in [3.05, 3.63) is 0 Å². The smallest absolute Gasteiger partial charge is 0.266 e. The van der Waals surface area contributed by atoms with Crippen molar-refractivity contribution in [2.75, 3.05) is 12.3 Å². The normalized spacial score (nSPS) is 40.3. The van der Waals surface area contributed by atoms with Gasteiger partial charge in [-0.15, -0.1) is 0 Å². The molecule has 1 amide bonds. The maximum Gasteiger partial charge on any atom is 0.266 e. The second-order valence-corrected chi connectivity index (χ2v) is 23.2. The van der Waals surface area contributed by atoms with Gasteiger partial charge in [0, 0.05) is 19.1 Å². The van der Waals surface area contributed by atoms with Gasteiger partial charge in [0.1, 0.15) is 0 Å². The van der Waals surface area contributed by atoms with Crippen molar-refractivity contribution in [3.8, 4) is 0 Å². The Balaban J connectivity index is 1.52. The first kappa shape index (κ1) is 33.4. The van der Waals surface area contributed by atoms with Crippen molar-refractivity contribution in [3.63, 3.8) is 0 Å². The number of hydrogen-bond acceptors (Lipinski definition) is 4. The van der Waals surface area contributed by atoms with Crippen LogP contribution >= 0.6 is 0 Å². The summed E-state index contributed by atoms with van der Waals surface area (Å²) in [4.78, 5) is 12.4. The molecule has 10 atom stereocenters. The predicted octanol–water partition coefficient (Wildman–Crippen LogP) is 7.70. The van der Waals surface area contributed by atoms with Crippen LogP contribution in [0, 0.1) is 52.3 Å². The SMILES string of the molecule is C[C@@H]1CC[C@@]2(C)[C@@H](C1)C[C@@H](O[Si](C)(C)C(C)(C)C)[C@@H]1[C@@H]2CC[C@]2(C)[C@@H]([C@H](C)CCC(=O)NCCS(=O)(=O)O)CC[C@@H]12. The number of carbonyl (C=O) groups excluding carboxylic acids is 1. The zero-order valence-electron chi connectivity index (χ0n) is 27.6. The molecule has 41 heavy (non-hydrogen) atoms. The summed E-state index contributed by atoms with van der Waals surface area (Å²) in [6, 6.07) is 0. The van der Waals surface area contributed by atoms with Crippen molar-refractivity contribution in [2.24, 2.45) is 52.3 Å². The predicted molar refractivity (Wildman–Crippen MR) is 170 cm³/mol. The van der Waals surface area contributed by atoms with Crippen LogP contribution in [0.5, 0.6) is 0 Å². The lowest BCUT2D eigenvalue weighted by Crippen LogP contribution is -2.60. The molecule has 0 heterocycles. The molecule has 0 aromatic heterocycles. The highest BCUT2D eigenvalue weighted by atomic mass is 32.2. The highest BCUT2D eigenvalue weighted by molar-refractivity contribution is 7.85. The summed E-state index contributed by atoms with van der Waals surface area (Å²) in [7, 11) is -5.98. The minimum Gasteiger partial charge on any atom is -0.414 e. The van der Waals surface area contributed by atoms with Crippen molar-refractivity contribution in [1.82, 2.24) is 5.32 Å². The van der Waals surface area contributed by atoms with E-state index in [0.29, 0.717) is 41.6 Å². The van der Waals surface area contributed by atoms with Gasteiger partial charge in [0.05, 0.1) is 5.75 Å². The van der Waals surface area contributed by atoms with Crippen LogP contribution < -0.4 is 5.32 Å². The largest absolute Gasteiger partial charge is 0.414 e. The molecule has 0 aliphatic heterocycles. The molecule has 0 aromatic rings. The molecule has 0 bridgehead atoms. The molecule has 4 rings (SSSR count). The Kier molecular flexibility index (Phi) is 9.64. The molecule has 0 radical (unpaired) electrons. The molecule has 0 saturated heterocycles. The van der Waals surface area contributed by atoms with Crippen LogP contribution in [-0.2, 0) is 19.3 Å². The second-order valence-electron chi connectivity index (χ2n) is 16.9. The molecule has 6 nitrogen and oxygen atoms in total. The van der Waals surface area contributed by atoms with E-state index in [1.165, 1.54) is 51.4 Å². The average molecular weight is 612 g/mol. The van der Waals surface area contributed by atoms with Gasteiger partial charge >= 0.3 is 0 Å². The van der Waals surface area contributed by atoms with Gasteiger partial charge in [0.2, 0.25) is 5.91 Å². The standard InChI is InChI=1S/C33H61NO5SSi/c1-22-14-16-32(6)24(20-22)21-28(39-41(8,9)31(3,4)5)30-26-12-11-25(33(26,7)17-15-27(30)32)23(2)10-13-29(35)34-18-19-40(36,37)38/h22-28,30H,10-21H2,1-9H3,(H,34,35)(H,36,37,38)/t22-,23-,24+,25-,26+,27+,28-,30+,32+,33-/m1/s1. The lowest BCUT2D eigenvalue weighted by Gasteiger charge is -2.64. The number of fused-ring (bicyclic) bond motifs is 5. The van der Waals surface area contributed by atoms with Gasteiger partial charge in [0.25, 0.3) is 10.1 Å². The summed E-state index contributed by atoms with van der Waals surface area (Å²) >= 11 is 0. The van der Waals surface area contributed by atoms with Crippen LogP contribution in [0.15, 0.2) is 0 Å². The van der Waals surface area contributed by atoms with E-state index in [1.807, 2.05) is 0 Å². The summed E-state index contributed by atoms with van der Waals surface area (Å²) in [6.45, 7) is 22.0. The zero-order chi connectivity index (χ0) is 30.6. The highest BCUT2D eigenvalue weighted by Crippen LogP contribution is 2.69. The lowest BCUT2D eigenvalue weighted by molar-refractivity contribution is -0.165. The summed E-state index contributed by atoms with van der Waals surface area (Å²) in [5.41, 5.74) is 0.720. The number of rotatable bonds is 9. The Morgan fingerprint density at radius 1 is 1.05 bits per heavy atom. The van der Waals surface area contributed by atoms with Crippen molar-refractivity contribution >= 4 is 24.3 Å². The van der Waals surface area contributed by atoms with Crippen LogP contribution in [0.1, 0.15) is 113 Å². The molecule has 238 valence electrons. The van der Waals surface area contributed by atoms with Gasteiger partial charge in [-0.05, 0) is 122 Å². The third-order valence-corrected chi connectivity index (χ3v) is 18.7. The first-order valence-corrected chi connectivity index (χ1v) is 21.2. The highest BCUT2D eigenvalue weighted by Gasteiger charge is 2.63. The van der Waals surface area contributed by atoms with Crippen LogP contribution in [0.25, 0.3) is 0 Å². The first-order chi connectivity index (χ1) is 18.8. The first-order valence-electron chi connectivity index (χ1n) is 16.7. The van der Waals surface area contributed by atoms with Gasteiger partial charge < -0.3 is 9.74 Å².